The third-order valence-corrected chi connectivity index (χ3v) is 11.8. The molecule has 4 aromatic rings. The predicted octanol–water partition coefficient (Wildman–Crippen LogP) is 5.81. The number of rotatable bonds is 8. The number of piperazine rings is 1. The van der Waals surface area contributed by atoms with Crippen molar-refractivity contribution in [2.75, 3.05) is 53.5 Å². The Bertz CT molecular complexity index is 2060. The highest BCUT2D eigenvalue weighted by atomic mass is 35.5. The van der Waals surface area contributed by atoms with Crippen LogP contribution in [0.15, 0.2) is 48.7 Å². The molecule has 5 heterocycles. The van der Waals surface area contributed by atoms with Gasteiger partial charge in [-0.05, 0) is 30.9 Å². The first-order valence-corrected chi connectivity index (χ1v) is 18.5. The van der Waals surface area contributed by atoms with Crippen molar-refractivity contribution in [2.45, 2.75) is 50.7 Å². The molecule has 2 aromatic heterocycles. The lowest BCUT2D eigenvalue weighted by atomic mass is 9.88. The molecule has 1 atom stereocenters. The van der Waals surface area contributed by atoms with Gasteiger partial charge in [0.1, 0.15) is 5.69 Å². The summed E-state index contributed by atoms with van der Waals surface area (Å²) in [5, 5.41) is 4.16. The average Bonchev–Trinajstić information content (AvgIpc) is 3.75. The summed E-state index contributed by atoms with van der Waals surface area (Å²) < 4.78 is 11.6. The maximum atomic E-state index is 11.9. The number of methoxy groups -OCH3 is 2. The Labute approximate surface area is 313 Å². The maximum absolute atomic E-state index is 11.9. The van der Waals surface area contributed by atoms with Gasteiger partial charge in [0.05, 0.1) is 47.4 Å². The van der Waals surface area contributed by atoms with Gasteiger partial charge in [0.2, 0.25) is 23.6 Å². The molecular formula is C39H41Cl2N7O4. The van der Waals surface area contributed by atoms with Crippen LogP contribution in [-0.2, 0) is 22.6 Å². The van der Waals surface area contributed by atoms with Crippen LogP contribution in [0.1, 0.15) is 49.0 Å². The molecular weight excluding hydrogens is 701 g/mol. The second-order valence-electron chi connectivity index (χ2n) is 14.2. The number of pyridine rings is 1. The van der Waals surface area contributed by atoms with Gasteiger partial charge in [-0.2, -0.15) is 0 Å². The van der Waals surface area contributed by atoms with Crippen molar-refractivity contribution in [1.29, 1.82) is 0 Å². The minimum absolute atomic E-state index is 0.107. The fourth-order valence-corrected chi connectivity index (χ4v) is 9.06. The molecule has 11 nitrogen and oxygen atoms in total. The quantitative estimate of drug-likeness (QED) is 0.239. The highest BCUT2D eigenvalue weighted by Crippen LogP contribution is 2.46. The van der Waals surface area contributed by atoms with Gasteiger partial charge in [0, 0.05) is 93.0 Å². The third kappa shape index (κ3) is 6.27. The topological polar surface area (TPSA) is 113 Å². The van der Waals surface area contributed by atoms with Gasteiger partial charge in [-0.15, -0.1) is 0 Å². The first kappa shape index (κ1) is 34.8. The van der Waals surface area contributed by atoms with E-state index in [0.717, 1.165) is 92.2 Å². The Morgan fingerprint density at radius 3 is 2.15 bits per heavy atom. The van der Waals surface area contributed by atoms with Crippen LogP contribution in [0, 0.1) is 0 Å². The summed E-state index contributed by atoms with van der Waals surface area (Å²) in [7, 11) is 3.26. The number of amides is 2. The van der Waals surface area contributed by atoms with Crippen LogP contribution >= 0.6 is 23.2 Å². The maximum Gasteiger partial charge on any atom is 0.237 e. The number of likely N-dealkylation sites (tertiary alicyclic amines) is 1. The van der Waals surface area contributed by atoms with E-state index in [9.17, 15) is 9.59 Å². The SMILES string of the molecule is COc1nc(-c2cccc(-c3cccc(-c4cc5c(c(OC)n4)C(N4CCN(C(C)=O)CC4)CC5)c3Cl)c2Cl)cnc1CN1CC2(CCC(=O)N2)C1. The van der Waals surface area contributed by atoms with Gasteiger partial charge in [-0.3, -0.25) is 24.4 Å². The third-order valence-electron chi connectivity index (χ3n) is 11.0. The van der Waals surface area contributed by atoms with Crippen LogP contribution in [-0.4, -0.2) is 100 Å². The molecule has 3 aliphatic heterocycles. The summed E-state index contributed by atoms with van der Waals surface area (Å²) in [6.07, 6.45) is 5.06. The number of ether oxygens (including phenoxy) is 2. The number of carbonyl (C=O) groups excluding carboxylic acids is 2. The molecule has 2 aromatic carbocycles. The molecule has 1 aliphatic carbocycles. The van der Waals surface area contributed by atoms with Gasteiger partial charge >= 0.3 is 0 Å². The number of hydrogen-bond acceptors (Lipinski definition) is 9. The number of benzene rings is 2. The number of nitrogens with one attached hydrogen (secondary N) is 1. The van der Waals surface area contributed by atoms with Crippen LogP contribution in [0.3, 0.4) is 0 Å². The Kier molecular flexibility index (Phi) is 9.31. The van der Waals surface area contributed by atoms with Gasteiger partial charge in [0.25, 0.3) is 0 Å². The number of aryl methyl sites for hydroxylation is 1. The first-order valence-electron chi connectivity index (χ1n) is 17.8. The van der Waals surface area contributed by atoms with Crippen LogP contribution in [0.25, 0.3) is 33.6 Å². The molecule has 270 valence electrons. The molecule has 4 aliphatic rings. The van der Waals surface area contributed by atoms with E-state index < -0.39 is 0 Å². The minimum atomic E-state index is -0.107. The molecule has 1 spiro atoms. The van der Waals surface area contributed by atoms with E-state index in [2.05, 4.69) is 21.2 Å². The van der Waals surface area contributed by atoms with Crippen molar-refractivity contribution in [3.63, 3.8) is 0 Å². The zero-order chi connectivity index (χ0) is 36.1. The fraction of sp³-hybridized carbons (Fsp3) is 0.410. The lowest BCUT2D eigenvalue weighted by Crippen LogP contribution is -2.66. The van der Waals surface area contributed by atoms with Gasteiger partial charge in [-0.25, -0.2) is 9.97 Å². The Morgan fingerprint density at radius 1 is 0.904 bits per heavy atom. The summed E-state index contributed by atoms with van der Waals surface area (Å²) >= 11 is 14.4. The van der Waals surface area contributed by atoms with Crippen molar-refractivity contribution in [2.24, 2.45) is 0 Å². The molecule has 52 heavy (non-hydrogen) atoms. The Balaban J connectivity index is 1.05. The second kappa shape index (κ2) is 13.9. The number of hydrogen-bond donors (Lipinski definition) is 1. The predicted molar refractivity (Wildman–Crippen MR) is 200 cm³/mol. The summed E-state index contributed by atoms with van der Waals surface area (Å²) in [4.78, 5) is 44.8. The summed E-state index contributed by atoms with van der Waals surface area (Å²) in [5.41, 5.74) is 7.32. The van der Waals surface area contributed by atoms with Crippen molar-refractivity contribution in [3.05, 3.63) is 75.5 Å². The molecule has 1 N–H and O–H groups in total. The van der Waals surface area contributed by atoms with Crippen LogP contribution in [0.2, 0.25) is 10.0 Å². The molecule has 0 radical (unpaired) electrons. The summed E-state index contributed by atoms with van der Waals surface area (Å²) in [6, 6.07) is 14.0. The fourth-order valence-electron chi connectivity index (χ4n) is 8.41. The van der Waals surface area contributed by atoms with E-state index in [0.29, 0.717) is 46.0 Å². The molecule has 3 saturated heterocycles. The van der Waals surface area contributed by atoms with E-state index in [4.69, 9.17) is 47.6 Å². The van der Waals surface area contributed by atoms with E-state index in [1.807, 2.05) is 41.3 Å². The number of nitrogens with zero attached hydrogens (tertiary/aromatic N) is 6. The summed E-state index contributed by atoms with van der Waals surface area (Å²) in [5.74, 6) is 1.30. The van der Waals surface area contributed by atoms with Crippen LogP contribution in [0.4, 0.5) is 0 Å². The number of fused-ring (bicyclic) bond motifs is 1. The van der Waals surface area contributed by atoms with Crippen LogP contribution < -0.4 is 14.8 Å². The van der Waals surface area contributed by atoms with Crippen molar-refractivity contribution >= 4 is 35.0 Å². The van der Waals surface area contributed by atoms with E-state index in [-0.39, 0.29) is 23.4 Å². The molecule has 8 rings (SSSR count). The lowest BCUT2D eigenvalue weighted by molar-refractivity contribution is -0.131. The highest BCUT2D eigenvalue weighted by molar-refractivity contribution is 6.39. The summed E-state index contributed by atoms with van der Waals surface area (Å²) in [6.45, 7) is 6.89. The average molecular weight is 743 g/mol. The molecule has 2 amide bonds. The zero-order valence-corrected chi connectivity index (χ0v) is 31.1. The molecule has 3 fully saturated rings. The Hall–Kier alpha value is -4.29. The number of halogens is 2. The molecule has 0 bridgehead atoms. The Morgan fingerprint density at radius 2 is 1.54 bits per heavy atom. The van der Waals surface area contributed by atoms with E-state index in [1.54, 1.807) is 27.3 Å². The van der Waals surface area contributed by atoms with Crippen molar-refractivity contribution in [3.8, 4) is 45.4 Å². The molecule has 0 saturated carbocycles. The number of aromatic nitrogens is 3. The smallest absolute Gasteiger partial charge is 0.237 e. The van der Waals surface area contributed by atoms with Gasteiger partial charge in [-0.1, -0.05) is 59.6 Å². The molecule has 13 heteroatoms. The van der Waals surface area contributed by atoms with Gasteiger partial charge < -0.3 is 19.7 Å². The standard InChI is InChI=1S/C39H41Cl2N7O4/c1-23(49)47-14-16-48(17-15-47)32-11-10-24-18-29(43-38(52-3)34(24)32)27-8-4-6-25(35(27)40)26-7-5-9-28(36(26)41)30-19-42-31(37(44-30)51-2)20-46-21-39(22-46)13-12-33(50)45-39/h4-9,18-19,32H,10-17,20-22H2,1-3H3,(H,45,50). The van der Waals surface area contributed by atoms with Gasteiger partial charge in [0.15, 0.2) is 0 Å². The second-order valence-corrected chi connectivity index (χ2v) is 15.0. The normalized spacial score (nSPS) is 19.8. The van der Waals surface area contributed by atoms with E-state index >= 15 is 0 Å². The van der Waals surface area contributed by atoms with Crippen LogP contribution in [0.5, 0.6) is 11.8 Å². The highest BCUT2D eigenvalue weighted by Gasteiger charge is 2.47. The largest absolute Gasteiger partial charge is 0.481 e. The van der Waals surface area contributed by atoms with E-state index in [1.165, 1.54) is 5.56 Å². The lowest BCUT2D eigenvalue weighted by Gasteiger charge is -2.47. The van der Waals surface area contributed by atoms with Crippen molar-refractivity contribution in [1.82, 2.24) is 35.0 Å². The number of carbonyl (C=O) groups is 2. The minimum Gasteiger partial charge on any atom is -0.481 e. The molecule has 1 unspecified atom stereocenters. The zero-order valence-electron chi connectivity index (χ0n) is 29.5. The van der Waals surface area contributed by atoms with Crippen molar-refractivity contribution < 1.29 is 19.1 Å². The monoisotopic (exact) mass is 741 g/mol. The first-order chi connectivity index (χ1) is 25.2.